The summed E-state index contributed by atoms with van der Waals surface area (Å²) in [6.45, 7) is 3.94. The van der Waals surface area contributed by atoms with Crippen molar-refractivity contribution in [1.29, 1.82) is 0 Å². The fraction of sp³-hybridized carbons (Fsp3) is 0.182. The van der Waals surface area contributed by atoms with Gasteiger partial charge in [0.05, 0.1) is 25.3 Å². The molecule has 2 aromatic carbocycles. The molecule has 1 N–H and O–H groups in total. The van der Waals surface area contributed by atoms with Gasteiger partial charge in [-0.05, 0) is 55.3 Å². The summed E-state index contributed by atoms with van der Waals surface area (Å²) >= 11 is 5.87. The third-order valence-electron chi connectivity index (χ3n) is 4.45. The van der Waals surface area contributed by atoms with Gasteiger partial charge in [-0.3, -0.25) is 4.79 Å². The Labute approximate surface area is 167 Å². The van der Waals surface area contributed by atoms with Crippen LogP contribution in [0, 0.1) is 13.8 Å². The minimum Gasteiger partial charge on any atom is -0.497 e. The normalized spacial score (nSPS) is 10.5. The summed E-state index contributed by atoms with van der Waals surface area (Å²) in [5.41, 5.74) is 3.71. The second-order valence-corrected chi connectivity index (χ2v) is 6.76. The van der Waals surface area contributed by atoms with Crippen LogP contribution in [-0.2, 0) is 0 Å². The molecule has 2 heterocycles. The first-order valence-electron chi connectivity index (χ1n) is 8.70. The van der Waals surface area contributed by atoms with E-state index in [4.69, 9.17) is 21.1 Å². The van der Waals surface area contributed by atoms with Gasteiger partial charge >= 0.3 is 0 Å². The predicted molar refractivity (Wildman–Crippen MR) is 114 cm³/mol. The number of H-pyrrole nitrogens is 1. The van der Waals surface area contributed by atoms with Crippen LogP contribution in [0.25, 0.3) is 21.8 Å². The zero-order valence-electron chi connectivity index (χ0n) is 16.2. The average molecular weight is 397 g/mol. The van der Waals surface area contributed by atoms with E-state index in [1.807, 2.05) is 56.3 Å². The lowest BCUT2D eigenvalue weighted by Crippen LogP contribution is -2.04. The van der Waals surface area contributed by atoms with Gasteiger partial charge in [-0.25, -0.2) is 4.98 Å². The summed E-state index contributed by atoms with van der Waals surface area (Å²) < 4.78 is 10.2. The molecule has 0 aliphatic heterocycles. The van der Waals surface area contributed by atoms with E-state index < -0.39 is 0 Å². The fourth-order valence-electron chi connectivity index (χ4n) is 3.01. The maximum atomic E-state index is 11.2. The molecule has 4 rings (SSSR count). The highest BCUT2D eigenvalue weighted by Crippen LogP contribution is 2.24. The molecule has 5 nitrogen and oxygen atoms in total. The zero-order chi connectivity index (χ0) is 20.3. The van der Waals surface area contributed by atoms with E-state index in [9.17, 15) is 4.79 Å². The van der Waals surface area contributed by atoms with Gasteiger partial charge in [-0.15, -0.1) is 0 Å². The number of benzene rings is 2. The number of aromatic amines is 1. The molecular weight excluding hydrogens is 376 g/mol. The van der Waals surface area contributed by atoms with Crippen molar-refractivity contribution in [2.24, 2.45) is 0 Å². The predicted octanol–water partition coefficient (Wildman–Crippen LogP) is 5.05. The molecule has 0 saturated carbocycles. The number of hydrogen-bond acceptors (Lipinski definition) is 4. The molecule has 0 atom stereocenters. The van der Waals surface area contributed by atoms with Gasteiger partial charge in [0.25, 0.3) is 0 Å². The Morgan fingerprint density at radius 1 is 0.857 bits per heavy atom. The summed E-state index contributed by atoms with van der Waals surface area (Å²) in [5.74, 6) is 1.55. The number of nitrogens with zero attached hydrogens (tertiary/aromatic N) is 1. The lowest BCUT2D eigenvalue weighted by Gasteiger charge is -2.04. The Balaban J connectivity index is 0.000000161. The highest BCUT2D eigenvalue weighted by atomic mass is 35.5. The molecule has 0 radical (unpaired) electrons. The highest BCUT2D eigenvalue weighted by molar-refractivity contribution is 6.29. The van der Waals surface area contributed by atoms with Crippen LogP contribution in [-0.4, -0.2) is 24.2 Å². The van der Waals surface area contributed by atoms with Crippen LogP contribution in [0.3, 0.4) is 0 Å². The van der Waals surface area contributed by atoms with Crippen LogP contribution < -0.4 is 15.0 Å². The SMILES string of the molecule is COc1ccc2c(C)cc(=O)[nH]c2c1.COc1ccc2c(C)cc(Cl)nc2c1. The number of halogens is 1. The van der Waals surface area contributed by atoms with Gasteiger partial charge in [0.2, 0.25) is 5.56 Å². The number of ether oxygens (including phenoxy) is 2. The van der Waals surface area contributed by atoms with Gasteiger partial charge < -0.3 is 14.5 Å². The van der Waals surface area contributed by atoms with Crippen molar-refractivity contribution >= 4 is 33.4 Å². The molecule has 0 unspecified atom stereocenters. The number of aryl methyl sites for hydroxylation is 2. The van der Waals surface area contributed by atoms with Gasteiger partial charge in [-0.2, -0.15) is 0 Å². The Morgan fingerprint density at radius 2 is 1.46 bits per heavy atom. The van der Waals surface area contributed by atoms with E-state index in [0.717, 1.165) is 44.4 Å². The molecule has 28 heavy (non-hydrogen) atoms. The van der Waals surface area contributed by atoms with Gasteiger partial charge in [0.15, 0.2) is 0 Å². The molecule has 0 fully saturated rings. The maximum absolute atomic E-state index is 11.2. The quantitative estimate of drug-likeness (QED) is 0.481. The summed E-state index contributed by atoms with van der Waals surface area (Å²) in [4.78, 5) is 18.2. The smallest absolute Gasteiger partial charge is 0.248 e. The van der Waals surface area contributed by atoms with Crippen molar-refractivity contribution in [3.8, 4) is 11.5 Å². The minimum atomic E-state index is -0.0803. The molecule has 0 aliphatic rings. The maximum Gasteiger partial charge on any atom is 0.248 e. The Morgan fingerprint density at radius 3 is 2.14 bits per heavy atom. The molecule has 0 amide bonds. The second kappa shape index (κ2) is 8.31. The molecule has 6 heteroatoms. The molecule has 4 aromatic rings. The fourth-order valence-corrected chi connectivity index (χ4v) is 3.26. The largest absolute Gasteiger partial charge is 0.497 e. The Kier molecular flexibility index (Phi) is 5.85. The summed E-state index contributed by atoms with van der Waals surface area (Å²) in [5, 5.41) is 2.67. The van der Waals surface area contributed by atoms with Crippen LogP contribution >= 0.6 is 11.6 Å². The summed E-state index contributed by atoms with van der Waals surface area (Å²) in [6, 6.07) is 14.9. The van der Waals surface area contributed by atoms with E-state index >= 15 is 0 Å². The number of pyridine rings is 2. The van der Waals surface area contributed by atoms with E-state index in [0.29, 0.717) is 5.15 Å². The van der Waals surface area contributed by atoms with Crippen molar-refractivity contribution in [2.45, 2.75) is 13.8 Å². The third kappa shape index (κ3) is 4.26. The first-order valence-corrected chi connectivity index (χ1v) is 9.07. The zero-order valence-corrected chi connectivity index (χ0v) is 16.9. The monoisotopic (exact) mass is 396 g/mol. The van der Waals surface area contributed by atoms with E-state index in [1.54, 1.807) is 20.3 Å². The third-order valence-corrected chi connectivity index (χ3v) is 4.64. The van der Waals surface area contributed by atoms with E-state index in [2.05, 4.69) is 9.97 Å². The number of methoxy groups -OCH3 is 2. The van der Waals surface area contributed by atoms with Crippen molar-refractivity contribution in [3.63, 3.8) is 0 Å². The average Bonchev–Trinajstić information content (AvgIpc) is 2.67. The standard InChI is InChI=1S/C11H10ClNO.C11H11NO2/c1-7-5-11(12)13-10-6-8(14-2)3-4-9(7)10;1-7-5-11(13)12-10-6-8(14-2)3-4-9(7)10/h3-6H,1-2H3;3-6H,1-2H3,(H,12,13). The molecule has 0 aliphatic carbocycles. The van der Waals surface area contributed by atoms with Crippen LogP contribution in [0.2, 0.25) is 5.15 Å². The first kappa shape index (κ1) is 19.7. The van der Waals surface area contributed by atoms with Gasteiger partial charge in [0.1, 0.15) is 16.7 Å². The molecule has 0 saturated heterocycles. The van der Waals surface area contributed by atoms with Gasteiger partial charge in [0, 0.05) is 29.0 Å². The highest BCUT2D eigenvalue weighted by Gasteiger charge is 2.02. The Bertz CT molecular complexity index is 1200. The van der Waals surface area contributed by atoms with Crippen LogP contribution in [0.15, 0.2) is 53.3 Å². The number of rotatable bonds is 2. The molecule has 2 aromatic heterocycles. The molecule has 0 bridgehead atoms. The van der Waals surface area contributed by atoms with E-state index in [1.165, 1.54) is 0 Å². The first-order chi connectivity index (χ1) is 13.4. The van der Waals surface area contributed by atoms with Crippen molar-refractivity contribution in [1.82, 2.24) is 9.97 Å². The van der Waals surface area contributed by atoms with Crippen molar-refractivity contribution in [2.75, 3.05) is 14.2 Å². The van der Waals surface area contributed by atoms with E-state index in [-0.39, 0.29) is 5.56 Å². The number of hydrogen-bond donors (Lipinski definition) is 1. The lowest BCUT2D eigenvalue weighted by atomic mass is 10.1. The lowest BCUT2D eigenvalue weighted by molar-refractivity contribution is 0.415. The minimum absolute atomic E-state index is 0.0803. The molecular formula is C22H21ClN2O3. The van der Waals surface area contributed by atoms with Crippen LogP contribution in [0.1, 0.15) is 11.1 Å². The number of fused-ring (bicyclic) bond motifs is 2. The summed E-state index contributed by atoms with van der Waals surface area (Å²) in [7, 11) is 3.24. The van der Waals surface area contributed by atoms with Crippen molar-refractivity contribution in [3.05, 3.63) is 75.2 Å². The number of aromatic nitrogens is 2. The Hall–Kier alpha value is -3.05. The molecule has 0 spiro atoms. The number of nitrogens with one attached hydrogen (secondary N) is 1. The van der Waals surface area contributed by atoms with Crippen molar-refractivity contribution < 1.29 is 9.47 Å². The summed E-state index contributed by atoms with van der Waals surface area (Å²) in [6.07, 6.45) is 0. The van der Waals surface area contributed by atoms with Crippen LogP contribution in [0.5, 0.6) is 11.5 Å². The molecule has 144 valence electrons. The van der Waals surface area contributed by atoms with Crippen LogP contribution in [0.4, 0.5) is 0 Å². The topological polar surface area (TPSA) is 64.2 Å². The van der Waals surface area contributed by atoms with Gasteiger partial charge in [-0.1, -0.05) is 11.6 Å². The second-order valence-electron chi connectivity index (χ2n) is 6.37.